The van der Waals surface area contributed by atoms with Crippen LogP contribution in [-0.4, -0.2) is 11.7 Å². The third-order valence-corrected chi connectivity index (χ3v) is 1.89. The normalized spacial score (nSPS) is 8.36. The summed E-state index contributed by atoms with van der Waals surface area (Å²) >= 11 is 3.26. The van der Waals surface area contributed by atoms with Crippen LogP contribution < -0.4 is 0 Å². The monoisotopic (exact) mass is 251 g/mol. The van der Waals surface area contributed by atoms with Crippen molar-refractivity contribution in [3.8, 4) is 17.6 Å². The molecule has 1 aromatic carbocycles. The molecule has 1 N–H and O–H groups in total. The fourth-order valence-electron chi connectivity index (χ4n) is 0.810. The van der Waals surface area contributed by atoms with Gasteiger partial charge in [0.1, 0.15) is 5.75 Å². The first-order valence-corrected chi connectivity index (χ1v) is 4.51. The van der Waals surface area contributed by atoms with Crippen LogP contribution in [0.15, 0.2) is 27.8 Å². The minimum absolute atomic E-state index is 0.0997. The van der Waals surface area contributed by atoms with Gasteiger partial charge < -0.3 is 5.11 Å². The minimum Gasteiger partial charge on any atom is -0.507 e. The Kier molecular flexibility index (Phi) is 3.86. The fraction of sp³-hybridized carbons (Fsp3) is 0.111. The zero-order chi connectivity index (χ0) is 10.4. The molecule has 0 saturated heterocycles. The molecule has 0 aliphatic heterocycles. The topological polar surface area (TPSA) is 69.0 Å². The molecular weight excluding hydrogens is 246 g/mol. The molecule has 0 radical (unpaired) electrons. The second-order valence-electron chi connectivity index (χ2n) is 2.35. The number of azide groups is 1. The third-order valence-electron chi connectivity index (χ3n) is 1.39. The van der Waals surface area contributed by atoms with Gasteiger partial charge in [0.15, 0.2) is 0 Å². The van der Waals surface area contributed by atoms with Crippen molar-refractivity contribution >= 4 is 15.9 Å². The zero-order valence-electron chi connectivity index (χ0n) is 7.11. The number of rotatable bonds is 1. The molecule has 0 bridgehead atoms. The van der Waals surface area contributed by atoms with Crippen LogP contribution in [0.25, 0.3) is 10.4 Å². The molecular formula is C9H6BrN3O. The second kappa shape index (κ2) is 5.18. The van der Waals surface area contributed by atoms with Crippen molar-refractivity contribution < 1.29 is 5.11 Å². The molecule has 0 aliphatic carbocycles. The van der Waals surface area contributed by atoms with Crippen LogP contribution in [0.4, 0.5) is 0 Å². The second-order valence-corrected chi connectivity index (χ2v) is 3.27. The Balaban J connectivity index is 2.88. The number of phenolic OH excluding ortho intramolecular Hbond substituents is 1. The number of hydrogen-bond acceptors (Lipinski definition) is 2. The number of benzene rings is 1. The fourth-order valence-corrected chi connectivity index (χ4v) is 1.17. The smallest absolute Gasteiger partial charge is 0.131 e. The van der Waals surface area contributed by atoms with Crippen LogP contribution in [0.2, 0.25) is 0 Å². The standard InChI is InChI=1S/C9H6BrN3O/c10-8-3-4-9(14)7(6-8)2-1-5-12-13-11/h3-4,6,14H,5H2. The van der Waals surface area contributed by atoms with Gasteiger partial charge in [0.25, 0.3) is 0 Å². The van der Waals surface area contributed by atoms with E-state index in [9.17, 15) is 5.11 Å². The lowest BCUT2D eigenvalue weighted by Gasteiger charge is -1.96. The number of aromatic hydroxyl groups is 1. The molecule has 4 nitrogen and oxygen atoms in total. The molecule has 14 heavy (non-hydrogen) atoms. The van der Waals surface area contributed by atoms with Crippen molar-refractivity contribution in [3.05, 3.63) is 38.7 Å². The average Bonchev–Trinajstić information content (AvgIpc) is 2.18. The Hall–Kier alpha value is -1.63. The van der Waals surface area contributed by atoms with Gasteiger partial charge in [0.2, 0.25) is 0 Å². The average molecular weight is 252 g/mol. The SMILES string of the molecule is [N-]=[N+]=NCC#Cc1cc(Br)ccc1O. The summed E-state index contributed by atoms with van der Waals surface area (Å²) in [4.78, 5) is 2.56. The first kappa shape index (κ1) is 10.5. The molecule has 0 aromatic heterocycles. The minimum atomic E-state index is 0.0997. The van der Waals surface area contributed by atoms with Crippen molar-refractivity contribution in [3.63, 3.8) is 0 Å². The zero-order valence-corrected chi connectivity index (χ0v) is 8.69. The largest absolute Gasteiger partial charge is 0.507 e. The van der Waals surface area contributed by atoms with Gasteiger partial charge in [0.05, 0.1) is 12.1 Å². The summed E-state index contributed by atoms with van der Waals surface area (Å²) in [6.07, 6.45) is 0. The molecule has 0 atom stereocenters. The van der Waals surface area contributed by atoms with E-state index in [1.54, 1.807) is 18.2 Å². The van der Waals surface area contributed by atoms with Gasteiger partial charge in [0, 0.05) is 9.38 Å². The van der Waals surface area contributed by atoms with Crippen molar-refractivity contribution in [2.75, 3.05) is 6.54 Å². The molecule has 0 saturated carbocycles. The van der Waals surface area contributed by atoms with Crippen LogP contribution in [0, 0.1) is 11.8 Å². The lowest BCUT2D eigenvalue weighted by molar-refractivity contribution is 0.473. The lowest BCUT2D eigenvalue weighted by atomic mass is 10.2. The molecule has 0 fully saturated rings. The van der Waals surface area contributed by atoms with Gasteiger partial charge >= 0.3 is 0 Å². The highest BCUT2D eigenvalue weighted by Gasteiger charge is 1.96. The highest BCUT2D eigenvalue weighted by atomic mass is 79.9. The summed E-state index contributed by atoms with van der Waals surface area (Å²) in [6, 6.07) is 4.95. The summed E-state index contributed by atoms with van der Waals surface area (Å²) in [5.74, 6) is 5.43. The molecule has 5 heteroatoms. The first-order chi connectivity index (χ1) is 6.74. The molecule has 0 heterocycles. The van der Waals surface area contributed by atoms with Gasteiger partial charge in [-0.25, -0.2) is 0 Å². The van der Waals surface area contributed by atoms with Gasteiger partial charge in [-0.2, -0.15) is 0 Å². The Morgan fingerprint density at radius 3 is 3.07 bits per heavy atom. The van der Waals surface area contributed by atoms with E-state index in [1.165, 1.54) is 0 Å². The quantitative estimate of drug-likeness (QED) is 0.355. The third kappa shape index (κ3) is 3.02. The maximum Gasteiger partial charge on any atom is 0.131 e. The predicted octanol–water partition coefficient (Wildman–Crippen LogP) is 2.82. The van der Waals surface area contributed by atoms with Crippen LogP contribution >= 0.6 is 15.9 Å². The maximum absolute atomic E-state index is 9.36. The summed E-state index contributed by atoms with van der Waals surface area (Å²) in [7, 11) is 0. The lowest BCUT2D eigenvalue weighted by Crippen LogP contribution is -1.77. The number of nitrogens with zero attached hydrogens (tertiary/aromatic N) is 3. The molecule has 0 aliphatic rings. The highest BCUT2D eigenvalue weighted by molar-refractivity contribution is 9.10. The Morgan fingerprint density at radius 2 is 2.36 bits per heavy atom. The number of phenols is 1. The molecule has 70 valence electrons. The van der Waals surface area contributed by atoms with Gasteiger partial charge in [-0.3, -0.25) is 0 Å². The maximum atomic E-state index is 9.36. The summed E-state index contributed by atoms with van der Waals surface area (Å²) in [5.41, 5.74) is 8.50. The van der Waals surface area contributed by atoms with Crippen molar-refractivity contribution in [1.82, 2.24) is 0 Å². The molecule has 0 amide bonds. The van der Waals surface area contributed by atoms with E-state index in [0.29, 0.717) is 5.56 Å². The number of hydrogen-bond donors (Lipinski definition) is 1. The van der Waals surface area contributed by atoms with E-state index < -0.39 is 0 Å². The van der Waals surface area contributed by atoms with E-state index in [-0.39, 0.29) is 12.3 Å². The first-order valence-electron chi connectivity index (χ1n) is 3.72. The van der Waals surface area contributed by atoms with Crippen molar-refractivity contribution in [2.24, 2.45) is 5.11 Å². The summed E-state index contributed by atoms with van der Waals surface area (Å²) in [6.45, 7) is 0.0997. The Morgan fingerprint density at radius 1 is 1.57 bits per heavy atom. The van der Waals surface area contributed by atoms with Gasteiger partial charge in [-0.15, -0.1) is 0 Å². The highest BCUT2D eigenvalue weighted by Crippen LogP contribution is 2.20. The van der Waals surface area contributed by atoms with Crippen molar-refractivity contribution in [1.29, 1.82) is 0 Å². The Labute approximate surface area is 89.3 Å². The van der Waals surface area contributed by atoms with E-state index in [1.807, 2.05) is 0 Å². The summed E-state index contributed by atoms with van der Waals surface area (Å²) in [5, 5.41) is 12.6. The van der Waals surface area contributed by atoms with E-state index in [4.69, 9.17) is 5.53 Å². The number of halogens is 1. The molecule has 1 rings (SSSR count). The molecule has 0 unspecified atom stereocenters. The van der Waals surface area contributed by atoms with Crippen molar-refractivity contribution in [2.45, 2.75) is 0 Å². The van der Waals surface area contributed by atoms with E-state index in [2.05, 4.69) is 37.8 Å². The van der Waals surface area contributed by atoms with Crippen LogP contribution in [-0.2, 0) is 0 Å². The van der Waals surface area contributed by atoms with Crippen LogP contribution in [0.5, 0.6) is 5.75 Å². The van der Waals surface area contributed by atoms with Crippen LogP contribution in [0.1, 0.15) is 5.56 Å². The Bertz CT molecular complexity index is 441. The predicted molar refractivity (Wildman–Crippen MR) is 56.7 cm³/mol. The summed E-state index contributed by atoms with van der Waals surface area (Å²) < 4.78 is 0.836. The molecule has 1 aromatic rings. The van der Waals surface area contributed by atoms with Crippen LogP contribution in [0.3, 0.4) is 0 Å². The molecule has 0 spiro atoms. The van der Waals surface area contributed by atoms with Gasteiger partial charge in [-0.05, 0) is 23.7 Å². The van der Waals surface area contributed by atoms with E-state index >= 15 is 0 Å². The van der Waals surface area contributed by atoms with E-state index in [0.717, 1.165) is 4.47 Å². The van der Waals surface area contributed by atoms with Gasteiger partial charge in [-0.1, -0.05) is 32.9 Å².